The number of hydrogen-bond acceptors (Lipinski definition) is 7. The Balaban J connectivity index is 1.70. The summed E-state index contributed by atoms with van der Waals surface area (Å²) in [7, 11) is 6.10. The maximum Gasteiger partial charge on any atom is 0.343 e. The molecule has 0 aromatic heterocycles. The van der Waals surface area contributed by atoms with E-state index in [9.17, 15) is 9.59 Å². The van der Waals surface area contributed by atoms with Crippen molar-refractivity contribution in [3.05, 3.63) is 83.4 Å². The molecule has 3 aromatic carbocycles. The lowest BCUT2D eigenvalue weighted by atomic mass is 10.1. The minimum absolute atomic E-state index is 0.213. The highest BCUT2D eigenvalue weighted by Gasteiger charge is 2.13. The quantitative estimate of drug-likeness (QED) is 0.201. The number of carbonyl (C=O) groups is 2. The maximum atomic E-state index is 12.6. The van der Waals surface area contributed by atoms with Crippen LogP contribution in [-0.2, 0) is 0 Å². The van der Waals surface area contributed by atoms with E-state index in [2.05, 4.69) is 0 Å². The van der Waals surface area contributed by atoms with Crippen molar-refractivity contribution in [1.29, 1.82) is 0 Å². The van der Waals surface area contributed by atoms with E-state index < -0.39 is 5.97 Å². The number of ketones is 1. The summed E-state index contributed by atoms with van der Waals surface area (Å²) in [5, 5.41) is 0. The molecular weight excluding hydrogens is 424 g/mol. The van der Waals surface area contributed by atoms with E-state index in [-0.39, 0.29) is 5.78 Å². The maximum absolute atomic E-state index is 12.6. The van der Waals surface area contributed by atoms with E-state index in [1.807, 2.05) is 0 Å². The smallest absolute Gasteiger partial charge is 0.343 e. The van der Waals surface area contributed by atoms with Gasteiger partial charge in [-0.05, 0) is 66.2 Å². The van der Waals surface area contributed by atoms with Crippen LogP contribution in [0.5, 0.6) is 28.7 Å². The summed E-state index contributed by atoms with van der Waals surface area (Å²) in [5.74, 6) is 1.61. The van der Waals surface area contributed by atoms with Crippen LogP contribution >= 0.6 is 0 Å². The van der Waals surface area contributed by atoms with Gasteiger partial charge in [0.05, 0.1) is 34.0 Å². The van der Waals surface area contributed by atoms with Gasteiger partial charge >= 0.3 is 5.97 Å². The topological polar surface area (TPSA) is 80.3 Å². The van der Waals surface area contributed by atoms with Crippen molar-refractivity contribution >= 4 is 17.8 Å². The zero-order valence-corrected chi connectivity index (χ0v) is 18.8. The van der Waals surface area contributed by atoms with E-state index in [0.717, 1.165) is 0 Å². The van der Waals surface area contributed by atoms with E-state index in [1.54, 1.807) is 66.7 Å². The van der Waals surface area contributed by atoms with Gasteiger partial charge in [-0.15, -0.1) is 0 Å². The highest BCUT2D eigenvalue weighted by molar-refractivity contribution is 6.07. The molecule has 0 radical (unpaired) electrons. The number of ether oxygens (including phenoxy) is 5. The second kappa shape index (κ2) is 10.9. The van der Waals surface area contributed by atoms with Gasteiger partial charge in [0, 0.05) is 5.56 Å². The third-order valence-corrected chi connectivity index (χ3v) is 4.77. The third kappa shape index (κ3) is 5.71. The highest BCUT2D eigenvalue weighted by atomic mass is 16.5. The number of esters is 1. The lowest BCUT2D eigenvalue weighted by molar-refractivity contribution is 0.0734. The standard InChI is InChI=1S/C26H24O7/c1-29-21-7-5-6-19(16-21)26(28)33-20-11-9-18(10-12-20)22(27)13-8-17-14-23(30-2)25(32-4)24(15-17)31-3/h5-16H,1-4H3/b13-8+. The third-order valence-electron chi connectivity index (χ3n) is 4.77. The van der Waals surface area contributed by atoms with Crippen LogP contribution in [0.4, 0.5) is 0 Å². The van der Waals surface area contributed by atoms with Crippen LogP contribution in [0.2, 0.25) is 0 Å². The fourth-order valence-electron chi connectivity index (χ4n) is 3.07. The van der Waals surface area contributed by atoms with Gasteiger partial charge in [0.15, 0.2) is 17.3 Å². The fraction of sp³-hybridized carbons (Fsp3) is 0.154. The van der Waals surface area contributed by atoms with Gasteiger partial charge in [0.2, 0.25) is 5.75 Å². The number of methoxy groups -OCH3 is 4. The molecule has 0 N–H and O–H groups in total. The number of carbonyl (C=O) groups excluding carboxylic acids is 2. The molecule has 0 aliphatic heterocycles. The Labute approximate surface area is 192 Å². The van der Waals surface area contributed by atoms with Crippen molar-refractivity contribution < 1.29 is 33.3 Å². The molecule has 3 rings (SSSR count). The Morgan fingerprint density at radius 2 is 1.36 bits per heavy atom. The Hall–Kier alpha value is -4.26. The molecule has 0 fully saturated rings. The normalized spacial score (nSPS) is 10.5. The van der Waals surface area contributed by atoms with E-state index >= 15 is 0 Å². The zero-order valence-electron chi connectivity index (χ0n) is 18.8. The Morgan fingerprint density at radius 1 is 0.697 bits per heavy atom. The molecule has 0 saturated carbocycles. The van der Waals surface area contributed by atoms with Crippen LogP contribution in [0.25, 0.3) is 6.08 Å². The van der Waals surface area contributed by atoms with Crippen molar-refractivity contribution in [2.75, 3.05) is 28.4 Å². The number of hydrogen-bond donors (Lipinski definition) is 0. The van der Waals surface area contributed by atoms with Gasteiger partial charge in [-0.1, -0.05) is 12.1 Å². The first-order valence-electron chi connectivity index (χ1n) is 9.97. The van der Waals surface area contributed by atoms with Crippen LogP contribution in [0.3, 0.4) is 0 Å². The highest BCUT2D eigenvalue weighted by Crippen LogP contribution is 2.38. The van der Waals surface area contributed by atoms with E-state index in [1.165, 1.54) is 34.5 Å². The molecule has 0 unspecified atom stereocenters. The SMILES string of the molecule is COc1cccc(C(=O)Oc2ccc(C(=O)/C=C/c3cc(OC)c(OC)c(OC)c3)cc2)c1. The predicted octanol–water partition coefficient (Wildman–Crippen LogP) is 4.84. The summed E-state index contributed by atoms with van der Waals surface area (Å²) < 4.78 is 26.5. The van der Waals surface area contributed by atoms with E-state index in [0.29, 0.717) is 45.4 Å². The Morgan fingerprint density at radius 3 is 1.94 bits per heavy atom. The molecule has 33 heavy (non-hydrogen) atoms. The summed E-state index contributed by atoms with van der Waals surface area (Å²) in [6, 6.07) is 16.5. The Kier molecular flexibility index (Phi) is 7.70. The summed E-state index contributed by atoms with van der Waals surface area (Å²) in [6.07, 6.45) is 3.10. The summed E-state index contributed by atoms with van der Waals surface area (Å²) >= 11 is 0. The van der Waals surface area contributed by atoms with Crippen LogP contribution in [0, 0.1) is 0 Å². The van der Waals surface area contributed by atoms with E-state index in [4.69, 9.17) is 23.7 Å². The molecule has 3 aromatic rings. The molecule has 0 saturated heterocycles. The number of allylic oxidation sites excluding steroid dienone is 1. The molecule has 0 heterocycles. The number of benzene rings is 3. The molecular formula is C26H24O7. The average Bonchev–Trinajstić information content (AvgIpc) is 2.86. The second-order valence-electron chi connectivity index (χ2n) is 6.80. The zero-order chi connectivity index (χ0) is 23.8. The molecule has 0 amide bonds. The van der Waals surface area contributed by atoms with Crippen LogP contribution in [0.15, 0.2) is 66.7 Å². The molecule has 0 bridgehead atoms. The minimum atomic E-state index is -0.518. The average molecular weight is 448 g/mol. The lowest BCUT2D eigenvalue weighted by Gasteiger charge is -2.12. The molecule has 170 valence electrons. The van der Waals surface area contributed by atoms with Gasteiger partial charge in [0.25, 0.3) is 0 Å². The molecule has 7 nitrogen and oxygen atoms in total. The molecule has 0 aliphatic carbocycles. The van der Waals surface area contributed by atoms with Crippen LogP contribution in [-0.4, -0.2) is 40.2 Å². The number of rotatable bonds is 9. The van der Waals surface area contributed by atoms with Gasteiger partial charge in [0.1, 0.15) is 11.5 Å². The molecule has 0 atom stereocenters. The van der Waals surface area contributed by atoms with Crippen LogP contribution < -0.4 is 23.7 Å². The summed E-state index contributed by atoms with van der Waals surface area (Å²) in [6.45, 7) is 0. The predicted molar refractivity (Wildman–Crippen MR) is 124 cm³/mol. The first-order valence-corrected chi connectivity index (χ1v) is 9.97. The second-order valence-corrected chi connectivity index (χ2v) is 6.80. The summed E-state index contributed by atoms with van der Waals surface area (Å²) in [5.41, 5.74) is 1.52. The van der Waals surface area contributed by atoms with Gasteiger partial charge in [-0.3, -0.25) is 4.79 Å². The monoisotopic (exact) mass is 448 g/mol. The van der Waals surface area contributed by atoms with Crippen molar-refractivity contribution in [2.45, 2.75) is 0 Å². The van der Waals surface area contributed by atoms with Crippen molar-refractivity contribution in [3.8, 4) is 28.7 Å². The summed E-state index contributed by atoms with van der Waals surface area (Å²) in [4.78, 5) is 24.9. The minimum Gasteiger partial charge on any atom is -0.497 e. The molecule has 0 spiro atoms. The fourth-order valence-corrected chi connectivity index (χ4v) is 3.07. The lowest BCUT2D eigenvalue weighted by Crippen LogP contribution is -2.08. The van der Waals surface area contributed by atoms with Gasteiger partial charge in [-0.25, -0.2) is 4.79 Å². The molecule has 7 heteroatoms. The molecule has 0 aliphatic rings. The van der Waals surface area contributed by atoms with Crippen LogP contribution in [0.1, 0.15) is 26.3 Å². The van der Waals surface area contributed by atoms with Gasteiger partial charge in [-0.2, -0.15) is 0 Å². The first kappa shape index (κ1) is 23.4. The largest absolute Gasteiger partial charge is 0.497 e. The van der Waals surface area contributed by atoms with Crippen molar-refractivity contribution in [3.63, 3.8) is 0 Å². The van der Waals surface area contributed by atoms with Gasteiger partial charge < -0.3 is 23.7 Å². The van der Waals surface area contributed by atoms with Crippen molar-refractivity contribution in [2.24, 2.45) is 0 Å². The van der Waals surface area contributed by atoms with Crippen molar-refractivity contribution in [1.82, 2.24) is 0 Å². The Bertz CT molecular complexity index is 1140. The first-order chi connectivity index (χ1) is 16.0.